The predicted molar refractivity (Wildman–Crippen MR) is 128 cm³/mol. The van der Waals surface area contributed by atoms with Gasteiger partial charge in [-0.3, -0.25) is 15.0 Å². The number of ether oxygens (including phenoxy) is 1. The van der Waals surface area contributed by atoms with Gasteiger partial charge in [-0.1, -0.05) is 30.7 Å². The lowest BCUT2D eigenvalue weighted by molar-refractivity contribution is -0.404. The van der Waals surface area contributed by atoms with Crippen molar-refractivity contribution in [3.8, 4) is 5.75 Å². The molecule has 8 nitrogen and oxygen atoms in total. The maximum atomic E-state index is 13.3. The van der Waals surface area contributed by atoms with Gasteiger partial charge in [-0.05, 0) is 67.7 Å². The number of aliphatic hydroxyl groups excluding tert-OH is 1. The van der Waals surface area contributed by atoms with Gasteiger partial charge in [0.2, 0.25) is 0 Å². The number of piperidine rings is 1. The summed E-state index contributed by atoms with van der Waals surface area (Å²) < 4.78 is 19.2. The van der Waals surface area contributed by atoms with E-state index in [2.05, 4.69) is 27.7 Å². The van der Waals surface area contributed by atoms with E-state index < -0.39 is 16.8 Å². The third-order valence-corrected chi connectivity index (χ3v) is 5.61. The molecule has 184 valence electrons. The van der Waals surface area contributed by atoms with E-state index in [1.54, 1.807) is 6.07 Å². The van der Waals surface area contributed by atoms with Crippen LogP contribution in [0.3, 0.4) is 0 Å². The van der Waals surface area contributed by atoms with E-state index in [1.165, 1.54) is 43.0 Å². The zero-order valence-corrected chi connectivity index (χ0v) is 19.3. The van der Waals surface area contributed by atoms with Crippen LogP contribution < -0.4 is 15.4 Å². The van der Waals surface area contributed by atoms with Crippen LogP contribution in [0.1, 0.15) is 42.9 Å². The summed E-state index contributed by atoms with van der Waals surface area (Å²) in [5.41, 5.74) is 1.62. The summed E-state index contributed by atoms with van der Waals surface area (Å²) in [6.07, 6.45) is 4.26. The lowest BCUT2D eigenvalue weighted by Crippen LogP contribution is -2.31. The summed E-state index contributed by atoms with van der Waals surface area (Å²) in [5.74, 6) is 0.531. The summed E-state index contributed by atoms with van der Waals surface area (Å²) in [7, 11) is 0. The normalized spacial score (nSPS) is 15.5. The fourth-order valence-electron chi connectivity index (χ4n) is 3.89. The molecule has 0 radical (unpaired) electrons. The van der Waals surface area contributed by atoms with Crippen LogP contribution in [0.2, 0.25) is 0 Å². The van der Waals surface area contributed by atoms with E-state index in [4.69, 9.17) is 4.74 Å². The second kappa shape index (κ2) is 13.5. The Morgan fingerprint density at radius 3 is 2.74 bits per heavy atom. The molecule has 0 aliphatic carbocycles. The molecule has 1 atom stereocenters. The number of benzene rings is 2. The van der Waals surface area contributed by atoms with Crippen molar-refractivity contribution < 1.29 is 19.2 Å². The van der Waals surface area contributed by atoms with Gasteiger partial charge in [-0.2, -0.15) is 0 Å². The van der Waals surface area contributed by atoms with Crippen LogP contribution in [0.4, 0.5) is 4.39 Å². The zero-order chi connectivity index (χ0) is 24.2. The summed E-state index contributed by atoms with van der Waals surface area (Å²) >= 11 is 0. The SMILES string of the molecule is O=[N+]([O-])/C=C(\NCCCOc1cccc(CN2CCCCC2)c1)NCC(O)c1cccc(F)c1. The fourth-order valence-corrected chi connectivity index (χ4v) is 3.89. The number of halogens is 1. The molecule has 1 fully saturated rings. The van der Waals surface area contributed by atoms with Gasteiger partial charge in [-0.25, -0.2) is 4.39 Å². The Bertz CT molecular complexity index is 950. The first-order valence-electron chi connectivity index (χ1n) is 11.7. The van der Waals surface area contributed by atoms with Crippen LogP contribution in [-0.2, 0) is 6.54 Å². The van der Waals surface area contributed by atoms with Gasteiger partial charge >= 0.3 is 0 Å². The standard InChI is InChI=1S/C25H33FN4O4/c26-22-9-5-8-21(16-22)24(31)17-28-25(19-30(32)33)27-11-6-14-34-23-10-4-7-20(15-23)18-29-12-2-1-3-13-29/h4-5,7-10,15-16,19,24,27-28,31H,1-3,6,11-14,17-18H2/b25-19+. The Morgan fingerprint density at radius 2 is 1.97 bits per heavy atom. The van der Waals surface area contributed by atoms with Crippen molar-refractivity contribution in [2.24, 2.45) is 0 Å². The van der Waals surface area contributed by atoms with Crippen LogP contribution in [0.25, 0.3) is 0 Å². The molecule has 9 heteroatoms. The first-order valence-corrected chi connectivity index (χ1v) is 11.7. The van der Waals surface area contributed by atoms with Crippen molar-refractivity contribution in [2.45, 2.75) is 38.3 Å². The highest BCUT2D eigenvalue weighted by atomic mass is 19.1. The van der Waals surface area contributed by atoms with Gasteiger partial charge in [0.1, 0.15) is 11.6 Å². The highest BCUT2D eigenvalue weighted by Gasteiger charge is 2.12. The van der Waals surface area contributed by atoms with E-state index in [9.17, 15) is 19.6 Å². The third kappa shape index (κ3) is 8.99. The van der Waals surface area contributed by atoms with E-state index in [-0.39, 0.29) is 12.4 Å². The molecule has 34 heavy (non-hydrogen) atoms. The highest BCUT2D eigenvalue weighted by molar-refractivity contribution is 5.28. The van der Waals surface area contributed by atoms with Crippen LogP contribution in [0, 0.1) is 15.9 Å². The lowest BCUT2D eigenvalue weighted by Gasteiger charge is -2.26. The molecule has 0 aromatic heterocycles. The molecule has 1 saturated heterocycles. The average Bonchev–Trinajstić information content (AvgIpc) is 2.82. The molecule has 0 spiro atoms. The Balaban J connectivity index is 1.40. The van der Waals surface area contributed by atoms with Gasteiger partial charge in [-0.15, -0.1) is 0 Å². The van der Waals surface area contributed by atoms with E-state index in [0.717, 1.165) is 31.6 Å². The zero-order valence-electron chi connectivity index (χ0n) is 19.3. The molecule has 1 aliphatic rings. The largest absolute Gasteiger partial charge is 0.494 e. The maximum absolute atomic E-state index is 13.3. The Morgan fingerprint density at radius 1 is 1.18 bits per heavy atom. The second-order valence-corrected chi connectivity index (χ2v) is 8.39. The number of likely N-dealkylation sites (tertiary alicyclic amines) is 1. The molecule has 2 aromatic rings. The van der Waals surface area contributed by atoms with Crippen LogP contribution in [0.5, 0.6) is 5.75 Å². The number of nitrogens with zero attached hydrogens (tertiary/aromatic N) is 2. The molecule has 0 amide bonds. The molecular formula is C25H33FN4O4. The summed E-state index contributed by atoms with van der Waals surface area (Å²) in [6, 6.07) is 13.7. The summed E-state index contributed by atoms with van der Waals surface area (Å²) in [5, 5.41) is 26.9. The molecular weight excluding hydrogens is 439 g/mol. The smallest absolute Gasteiger partial charge is 0.274 e. The monoisotopic (exact) mass is 472 g/mol. The van der Waals surface area contributed by atoms with Crippen molar-refractivity contribution in [1.29, 1.82) is 0 Å². The van der Waals surface area contributed by atoms with Crippen molar-refractivity contribution in [1.82, 2.24) is 15.5 Å². The molecule has 2 aromatic carbocycles. The van der Waals surface area contributed by atoms with Crippen LogP contribution in [-0.4, -0.2) is 47.7 Å². The topological polar surface area (TPSA) is 99.9 Å². The predicted octanol–water partition coefficient (Wildman–Crippen LogP) is 3.57. The second-order valence-electron chi connectivity index (χ2n) is 8.39. The number of hydrogen-bond acceptors (Lipinski definition) is 7. The quantitative estimate of drug-likeness (QED) is 0.233. The molecule has 3 N–H and O–H groups in total. The number of rotatable bonds is 13. The van der Waals surface area contributed by atoms with E-state index in [0.29, 0.717) is 25.1 Å². The summed E-state index contributed by atoms with van der Waals surface area (Å²) in [4.78, 5) is 12.8. The van der Waals surface area contributed by atoms with Crippen molar-refractivity contribution in [3.05, 3.63) is 87.6 Å². The molecule has 0 bridgehead atoms. The van der Waals surface area contributed by atoms with Crippen LogP contribution in [0.15, 0.2) is 60.6 Å². The lowest BCUT2D eigenvalue weighted by atomic mass is 10.1. The van der Waals surface area contributed by atoms with Crippen molar-refractivity contribution >= 4 is 0 Å². The minimum atomic E-state index is -1.01. The third-order valence-electron chi connectivity index (χ3n) is 5.61. The van der Waals surface area contributed by atoms with Crippen LogP contribution >= 0.6 is 0 Å². The molecule has 1 aliphatic heterocycles. The van der Waals surface area contributed by atoms with Gasteiger partial charge in [0.25, 0.3) is 6.20 Å². The Hall–Kier alpha value is -3.17. The minimum Gasteiger partial charge on any atom is -0.494 e. The maximum Gasteiger partial charge on any atom is 0.274 e. The summed E-state index contributed by atoms with van der Waals surface area (Å²) in [6.45, 7) is 4.11. The number of aliphatic hydroxyl groups is 1. The van der Waals surface area contributed by atoms with E-state index in [1.807, 2.05) is 12.1 Å². The molecule has 0 saturated carbocycles. The van der Waals surface area contributed by atoms with Gasteiger partial charge < -0.3 is 20.5 Å². The van der Waals surface area contributed by atoms with Crippen molar-refractivity contribution in [2.75, 3.05) is 32.8 Å². The highest BCUT2D eigenvalue weighted by Crippen LogP contribution is 2.18. The van der Waals surface area contributed by atoms with Gasteiger partial charge in [0, 0.05) is 19.6 Å². The Kier molecular flexibility index (Phi) is 10.1. The first-order chi connectivity index (χ1) is 16.5. The average molecular weight is 473 g/mol. The molecule has 3 rings (SSSR count). The van der Waals surface area contributed by atoms with Gasteiger partial charge in [0.05, 0.1) is 17.6 Å². The number of nitrogens with one attached hydrogen (secondary N) is 2. The Labute approximate surface area is 199 Å². The number of nitro groups is 1. The molecule has 1 heterocycles. The fraction of sp³-hybridized carbons (Fsp3) is 0.440. The van der Waals surface area contributed by atoms with Gasteiger partial charge in [0.15, 0.2) is 5.82 Å². The minimum absolute atomic E-state index is 0.00354. The van der Waals surface area contributed by atoms with Crippen molar-refractivity contribution in [3.63, 3.8) is 0 Å². The molecule has 1 unspecified atom stereocenters. The van der Waals surface area contributed by atoms with E-state index >= 15 is 0 Å². The first kappa shape index (κ1) is 25.5. The number of hydrogen-bond donors (Lipinski definition) is 3.